The molecule has 1 atom stereocenters. The van der Waals surface area contributed by atoms with Crippen molar-refractivity contribution in [2.75, 3.05) is 19.7 Å². The molecule has 2 N–H and O–H groups in total. The van der Waals surface area contributed by atoms with Gasteiger partial charge in [0.25, 0.3) is 0 Å². The lowest BCUT2D eigenvalue weighted by Crippen LogP contribution is -2.27. The third-order valence-electron chi connectivity index (χ3n) is 4.45. The van der Waals surface area contributed by atoms with Crippen LogP contribution >= 0.6 is 0 Å². The van der Waals surface area contributed by atoms with Crippen molar-refractivity contribution in [3.63, 3.8) is 0 Å². The quantitative estimate of drug-likeness (QED) is 0.469. The van der Waals surface area contributed by atoms with Crippen molar-refractivity contribution in [2.24, 2.45) is 10.9 Å². The van der Waals surface area contributed by atoms with Crippen molar-refractivity contribution in [3.8, 4) is 0 Å². The zero-order chi connectivity index (χ0) is 15.2. The van der Waals surface area contributed by atoms with E-state index in [2.05, 4.69) is 17.2 Å². The van der Waals surface area contributed by atoms with Crippen LogP contribution in [-0.2, 0) is 0 Å². The first-order chi connectivity index (χ1) is 10.4. The number of aliphatic hydroxyl groups excluding tert-OH is 1. The summed E-state index contributed by atoms with van der Waals surface area (Å²) in [6.45, 7) is 4.52. The number of hydrogen-bond donors (Lipinski definition) is 2. The van der Waals surface area contributed by atoms with Crippen molar-refractivity contribution in [3.05, 3.63) is 0 Å². The van der Waals surface area contributed by atoms with Gasteiger partial charge in [-0.1, -0.05) is 64.7 Å². The highest BCUT2D eigenvalue weighted by Crippen LogP contribution is 2.19. The largest absolute Gasteiger partial charge is 0.396 e. The van der Waals surface area contributed by atoms with Gasteiger partial charge in [-0.05, 0) is 19.3 Å². The predicted octanol–water partition coefficient (Wildman–Crippen LogP) is 4.30. The Balaban J connectivity index is 2.02. The molecule has 0 saturated carbocycles. The molecule has 1 heterocycles. The lowest BCUT2D eigenvalue weighted by molar-refractivity contribution is 0.276. The summed E-state index contributed by atoms with van der Waals surface area (Å²) in [5, 5.41) is 12.4. The number of hydrogen-bond acceptors (Lipinski definition) is 3. The first-order valence-electron chi connectivity index (χ1n) is 9.27. The van der Waals surface area contributed by atoms with Gasteiger partial charge in [-0.15, -0.1) is 0 Å². The number of rotatable bonds is 14. The molecular formula is C18H36N2O. The molecule has 0 fully saturated rings. The van der Waals surface area contributed by atoms with Gasteiger partial charge in [0.05, 0.1) is 12.4 Å². The lowest BCUT2D eigenvalue weighted by Gasteiger charge is -2.17. The van der Waals surface area contributed by atoms with E-state index in [-0.39, 0.29) is 0 Å². The highest BCUT2D eigenvalue weighted by molar-refractivity contribution is 5.85. The molecule has 1 aliphatic rings. The molecule has 0 aliphatic carbocycles. The fourth-order valence-corrected chi connectivity index (χ4v) is 3.15. The molecular weight excluding hydrogens is 260 g/mol. The van der Waals surface area contributed by atoms with Gasteiger partial charge in [0, 0.05) is 19.1 Å². The van der Waals surface area contributed by atoms with Gasteiger partial charge in [-0.25, -0.2) is 0 Å². The molecule has 21 heavy (non-hydrogen) atoms. The van der Waals surface area contributed by atoms with Crippen molar-refractivity contribution in [1.82, 2.24) is 5.32 Å². The molecule has 0 bridgehead atoms. The Labute approximate surface area is 131 Å². The smallest absolute Gasteiger partial charge is 0.0995 e. The van der Waals surface area contributed by atoms with Crippen LogP contribution in [0.3, 0.4) is 0 Å². The van der Waals surface area contributed by atoms with Crippen molar-refractivity contribution in [1.29, 1.82) is 0 Å². The van der Waals surface area contributed by atoms with Crippen LogP contribution in [0.15, 0.2) is 4.99 Å². The van der Waals surface area contributed by atoms with Gasteiger partial charge < -0.3 is 10.4 Å². The summed E-state index contributed by atoms with van der Waals surface area (Å²) in [6.07, 6.45) is 15.7. The molecule has 3 heteroatoms. The minimum Gasteiger partial charge on any atom is -0.396 e. The highest BCUT2D eigenvalue weighted by Gasteiger charge is 2.17. The fourth-order valence-electron chi connectivity index (χ4n) is 3.15. The van der Waals surface area contributed by atoms with E-state index in [9.17, 15) is 0 Å². The van der Waals surface area contributed by atoms with Gasteiger partial charge in [-0.2, -0.15) is 0 Å². The normalized spacial score (nSPS) is 15.8. The Kier molecular flexibility index (Phi) is 11.5. The number of unbranched alkanes of at least 4 members (excludes halogenated alkanes) is 8. The Morgan fingerprint density at radius 3 is 2.14 bits per heavy atom. The van der Waals surface area contributed by atoms with Gasteiger partial charge >= 0.3 is 0 Å². The predicted molar refractivity (Wildman–Crippen MR) is 92.0 cm³/mol. The van der Waals surface area contributed by atoms with Crippen LogP contribution in [-0.4, -0.2) is 30.6 Å². The molecule has 1 aliphatic heterocycles. The second kappa shape index (κ2) is 13.1. The molecule has 1 rings (SSSR count). The molecule has 0 aromatic heterocycles. The maximum Gasteiger partial charge on any atom is 0.0995 e. The van der Waals surface area contributed by atoms with E-state index in [1.54, 1.807) is 0 Å². The molecule has 0 amide bonds. The van der Waals surface area contributed by atoms with Crippen molar-refractivity contribution < 1.29 is 5.11 Å². The third kappa shape index (κ3) is 9.13. The van der Waals surface area contributed by atoms with Crippen LogP contribution in [0.25, 0.3) is 0 Å². The topological polar surface area (TPSA) is 44.6 Å². The zero-order valence-electron chi connectivity index (χ0n) is 14.1. The third-order valence-corrected chi connectivity index (χ3v) is 4.45. The summed E-state index contributed by atoms with van der Waals surface area (Å²) in [7, 11) is 0. The Morgan fingerprint density at radius 2 is 1.57 bits per heavy atom. The summed E-state index contributed by atoms with van der Waals surface area (Å²) in [6, 6.07) is 0. The first-order valence-corrected chi connectivity index (χ1v) is 9.27. The number of nitrogens with zero attached hydrogens (tertiary/aromatic N) is 1. The van der Waals surface area contributed by atoms with Crippen LogP contribution in [0.4, 0.5) is 0 Å². The molecule has 0 aromatic rings. The maximum atomic E-state index is 9.03. The zero-order valence-corrected chi connectivity index (χ0v) is 14.1. The van der Waals surface area contributed by atoms with Gasteiger partial charge in [0.2, 0.25) is 0 Å². The molecule has 0 radical (unpaired) electrons. The summed E-state index contributed by atoms with van der Waals surface area (Å²) in [4.78, 5) is 4.57. The van der Waals surface area contributed by atoms with Gasteiger partial charge in [0.1, 0.15) is 0 Å². The van der Waals surface area contributed by atoms with E-state index < -0.39 is 0 Å². The van der Waals surface area contributed by atoms with Crippen LogP contribution in [0.5, 0.6) is 0 Å². The molecule has 0 spiro atoms. The van der Waals surface area contributed by atoms with Crippen LogP contribution < -0.4 is 5.32 Å². The van der Waals surface area contributed by atoms with E-state index in [4.69, 9.17) is 5.11 Å². The van der Waals surface area contributed by atoms with E-state index in [1.807, 2.05) is 0 Å². The van der Waals surface area contributed by atoms with Crippen LogP contribution in [0.1, 0.15) is 84.0 Å². The standard InChI is InChI=1S/C18H36N2O/c1-2-3-4-5-6-7-8-9-10-12-17(13-11-16-21)18-19-14-15-20-18/h17,21H,2-16H2,1H3,(H,19,20). The Bertz CT molecular complexity index is 266. The van der Waals surface area contributed by atoms with Crippen molar-refractivity contribution in [2.45, 2.75) is 84.0 Å². The fraction of sp³-hybridized carbons (Fsp3) is 0.944. The monoisotopic (exact) mass is 296 g/mol. The maximum absolute atomic E-state index is 9.03. The molecule has 1 unspecified atom stereocenters. The summed E-state index contributed by atoms with van der Waals surface area (Å²) < 4.78 is 0. The Hall–Kier alpha value is -0.570. The lowest BCUT2D eigenvalue weighted by atomic mass is 9.94. The summed E-state index contributed by atoms with van der Waals surface area (Å²) in [5.41, 5.74) is 0. The van der Waals surface area contributed by atoms with Gasteiger partial charge in [0.15, 0.2) is 0 Å². The van der Waals surface area contributed by atoms with Gasteiger partial charge in [-0.3, -0.25) is 4.99 Å². The molecule has 3 nitrogen and oxygen atoms in total. The SMILES string of the molecule is CCCCCCCCCCCC(CCCO)C1=NCCN1. The summed E-state index contributed by atoms with van der Waals surface area (Å²) in [5.74, 6) is 1.77. The van der Waals surface area contributed by atoms with E-state index in [1.165, 1.54) is 70.0 Å². The summed E-state index contributed by atoms with van der Waals surface area (Å²) >= 11 is 0. The Morgan fingerprint density at radius 1 is 0.952 bits per heavy atom. The second-order valence-electron chi connectivity index (χ2n) is 6.37. The van der Waals surface area contributed by atoms with E-state index >= 15 is 0 Å². The van der Waals surface area contributed by atoms with Crippen molar-refractivity contribution >= 4 is 5.84 Å². The van der Waals surface area contributed by atoms with Crippen LogP contribution in [0.2, 0.25) is 0 Å². The minimum atomic E-state index is 0.307. The number of nitrogens with one attached hydrogen (secondary N) is 1. The van der Waals surface area contributed by atoms with Crippen LogP contribution in [0, 0.1) is 5.92 Å². The molecule has 0 saturated heterocycles. The highest BCUT2D eigenvalue weighted by atomic mass is 16.2. The number of aliphatic hydroxyl groups is 1. The molecule has 124 valence electrons. The van der Waals surface area contributed by atoms with E-state index in [0.29, 0.717) is 12.5 Å². The first kappa shape index (κ1) is 18.5. The average molecular weight is 296 g/mol. The minimum absolute atomic E-state index is 0.307. The second-order valence-corrected chi connectivity index (χ2v) is 6.37. The van der Waals surface area contributed by atoms with E-state index in [0.717, 1.165) is 25.9 Å². The average Bonchev–Trinajstić information content (AvgIpc) is 3.02. The number of amidine groups is 1. The molecule has 0 aromatic carbocycles. The number of aliphatic imine (C=N–C) groups is 1.